The molecule has 0 unspecified atom stereocenters. The Morgan fingerprint density at radius 3 is 2.32 bits per heavy atom. The summed E-state index contributed by atoms with van der Waals surface area (Å²) in [6.07, 6.45) is 1.52. The first kappa shape index (κ1) is 26.7. The molecule has 0 saturated heterocycles. The molecule has 0 radical (unpaired) electrons. The van der Waals surface area contributed by atoms with Crippen molar-refractivity contribution in [1.29, 1.82) is 0 Å². The number of amides is 1. The maximum Gasteiger partial charge on any atom is 0.421 e. The van der Waals surface area contributed by atoms with Crippen LogP contribution in [0.3, 0.4) is 0 Å². The summed E-state index contributed by atoms with van der Waals surface area (Å²) >= 11 is 0. The monoisotopic (exact) mass is 526 g/mol. The van der Waals surface area contributed by atoms with E-state index in [-0.39, 0.29) is 11.6 Å². The van der Waals surface area contributed by atoms with Crippen molar-refractivity contribution in [3.8, 4) is 23.0 Å². The fraction of sp³-hybridized carbons (Fsp3) is 0.233. The van der Waals surface area contributed by atoms with E-state index in [0.29, 0.717) is 18.1 Å². The van der Waals surface area contributed by atoms with Gasteiger partial charge in [-0.2, -0.15) is 0 Å². The van der Waals surface area contributed by atoms with Gasteiger partial charge in [0.05, 0.1) is 17.2 Å². The van der Waals surface area contributed by atoms with Gasteiger partial charge in [-0.1, -0.05) is 68.9 Å². The highest BCUT2D eigenvalue weighted by molar-refractivity contribution is 6.83. The Morgan fingerprint density at radius 2 is 1.66 bits per heavy atom. The van der Waals surface area contributed by atoms with E-state index in [0.717, 1.165) is 16.8 Å². The average molecular weight is 527 g/mol. The Morgan fingerprint density at radius 1 is 1.00 bits per heavy atom. The quantitative estimate of drug-likeness (QED) is 0.150. The van der Waals surface area contributed by atoms with Gasteiger partial charge in [-0.15, -0.1) is 5.54 Å². The van der Waals surface area contributed by atoms with Crippen LogP contribution in [-0.2, 0) is 0 Å². The second-order valence-corrected chi connectivity index (χ2v) is 14.9. The van der Waals surface area contributed by atoms with Gasteiger partial charge in [-0.25, -0.2) is 4.79 Å². The number of non-ortho nitro benzene ring substituents is 1. The van der Waals surface area contributed by atoms with Crippen molar-refractivity contribution < 1.29 is 19.2 Å². The van der Waals surface area contributed by atoms with Gasteiger partial charge in [0.15, 0.2) is 0 Å². The van der Waals surface area contributed by atoms with Crippen molar-refractivity contribution in [2.24, 2.45) is 5.92 Å². The Hall–Kier alpha value is -4.35. The first-order chi connectivity index (χ1) is 18.1. The van der Waals surface area contributed by atoms with Crippen molar-refractivity contribution in [2.75, 3.05) is 11.5 Å². The molecule has 2 atom stereocenters. The van der Waals surface area contributed by atoms with Crippen molar-refractivity contribution in [3.05, 3.63) is 101 Å². The maximum absolute atomic E-state index is 13.5. The fourth-order valence-electron chi connectivity index (χ4n) is 4.06. The number of para-hydroxylation sites is 2. The van der Waals surface area contributed by atoms with E-state index in [2.05, 4.69) is 38.0 Å². The van der Waals surface area contributed by atoms with Crippen LogP contribution in [0.5, 0.6) is 11.5 Å². The number of rotatable bonds is 6. The van der Waals surface area contributed by atoms with Crippen LogP contribution in [0, 0.1) is 27.5 Å². The Kier molecular flexibility index (Phi) is 7.98. The molecular weight excluding hydrogens is 496 g/mol. The molecule has 0 bridgehead atoms. The Balaban J connectivity index is 1.65. The highest BCUT2D eigenvalue weighted by atomic mass is 28.3. The van der Waals surface area contributed by atoms with Crippen LogP contribution in [0.1, 0.15) is 12.5 Å². The van der Waals surface area contributed by atoms with Crippen molar-refractivity contribution in [1.82, 2.24) is 0 Å². The number of anilines is 1. The first-order valence-corrected chi connectivity index (χ1v) is 15.9. The minimum Gasteiger partial charge on any atom is -0.493 e. The van der Waals surface area contributed by atoms with Crippen LogP contribution >= 0.6 is 0 Å². The van der Waals surface area contributed by atoms with Crippen LogP contribution in [0.25, 0.3) is 5.57 Å². The molecule has 1 heterocycles. The summed E-state index contributed by atoms with van der Waals surface area (Å²) in [5.74, 6) is 4.32. The molecule has 7 nitrogen and oxygen atoms in total. The molecule has 8 heteroatoms. The van der Waals surface area contributed by atoms with Crippen LogP contribution in [0.15, 0.2) is 84.9 Å². The van der Waals surface area contributed by atoms with E-state index in [4.69, 9.17) is 9.47 Å². The van der Waals surface area contributed by atoms with Crippen LogP contribution in [0.2, 0.25) is 19.6 Å². The van der Waals surface area contributed by atoms with E-state index >= 15 is 0 Å². The lowest BCUT2D eigenvalue weighted by Gasteiger charge is -2.34. The number of nitrogens with zero attached hydrogens (tertiary/aromatic N) is 2. The summed E-state index contributed by atoms with van der Waals surface area (Å²) in [7, 11) is -1.73. The number of hydrogen-bond acceptors (Lipinski definition) is 5. The number of benzene rings is 3. The molecule has 0 aromatic heterocycles. The van der Waals surface area contributed by atoms with Gasteiger partial charge in [0, 0.05) is 23.6 Å². The molecule has 3 aromatic carbocycles. The molecule has 4 rings (SSSR count). The highest BCUT2D eigenvalue weighted by Gasteiger charge is 2.33. The van der Waals surface area contributed by atoms with Gasteiger partial charge in [0.25, 0.3) is 5.69 Å². The first-order valence-electron chi connectivity index (χ1n) is 12.4. The second kappa shape index (κ2) is 11.4. The summed E-state index contributed by atoms with van der Waals surface area (Å²) in [6.45, 7) is 8.88. The highest BCUT2D eigenvalue weighted by Crippen LogP contribution is 2.38. The second-order valence-electron chi connectivity index (χ2n) is 10.1. The zero-order chi connectivity index (χ0) is 27.3. The molecule has 3 aromatic rings. The average Bonchev–Trinajstić information content (AvgIpc) is 2.90. The SMILES string of the molecule is C[C@H](COc1ccc([N+](=O)[O-])cc1)C1=C[C@@H](C#C[Si](C)(C)C)N(C(=O)Oc2ccccc2)c2ccccc21. The summed E-state index contributed by atoms with van der Waals surface area (Å²) < 4.78 is 11.7. The number of nitro groups is 1. The molecule has 1 amide bonds. The normalized spacial score (nSPS) is 15.3. The third-order valence-electron chi connectivity index (χ3n) is 5.91. The van der Waals surface area contributed by atoms with Gasteiger partial charge in [-0.05, 0) is 42.0 Å². The van der Waals surface area contributed by atoms with E-state index in [1.807, 2.05) is 48.5 Å². The lowest BCUT2D eigenvalue weighted by molar-refractivity contribution is -0.384. The standard InChI is InChI=1S/C30H30N2O5Si/c1-22(21-36-25-16-14-23(15-17-25)32(34)35)28-20-24(18-19-38(2,3)4)31(29-13-9-8-12-27(28)29)30(33)37-26-10-6-5-7-11-26/h5-17,20,22,24H,21H2,1-4H3/t22-,24-/m1/s1. The van der Waals surface area contributed by atoms with Crippen LogP contribution < -0.4 is 14.4 Å². The largest absolute Gasteiger partial charge is 0.493 e. The number of nitro benzene ring substituents is 1. The molecule has 194 valence electrons. The zero-order valence-electron chi connectivity index (χ0n) is 21.9. The molecular formula is C30H30N2O5Si. The minimum absolute atomic E-state index is 0.0145. The number of ether oxygens (including phenoxy) is 2. The summed E-state index contributed by atoms with van der Waals surface area (Å²) in [6, 6.07) is 22.2. The van der Waals surface area contributed by atoms with E-state index in [1.54, 1.807) is 29.2 Å². The van der Waals surface area contributed by atoms with E-state index in [9.17, 15) is 14.9 Å². The maximum atomic E-state index is 13.5. The topological polar surface area (TPSA) is 81.9 Å². The summed E-state index contributed by atoms with van der Waals surface area (Å²) in [4.78, 5) is 25.6. The predicted octanol–water partition coefficient (Wildman–Crippen LogP) is 6.96. The van der Waals surface area contributed by atoms with Gasteiger partial charge < -0.3 is 9.47 Å². The molecule has 1 aliphatic rings. The molecule has 0 aliphatic carbocycles. The number of fused-ring (bicyclic) bond motifs is 1. The van der Waals surface area contributed by atoms with Gasteiger partial charge in [0.2, 0.25) is 0 Å². The fourth-order valence-corrected chi connectivity index (χ4v) is 4.64. The third kappa shape index (κ3) is 6.50. The smallest absolute Gasteiger partial charge is 0.421 e. The number of hydrogen-bond donors (Lipinski definition) is 0. The van der Waals surface area contributed by atoms with Gasteiger partial charge >= 0.3 is 6.09 Å². The van der Waals surface area contributed by atoms with Crippen LogP contribution in [0.4, 0.5) is 16.2 Å². The van der Waals surface area contributed by atoms with Gasteiger partial charge in [-0.3, -0.25) is 15.0 Å². The van der Waals surface area contributed by atoms with E-state index < -0.39 is 25.1 Å². The van der Waals surface area contributed by atoms with Crippen molar-refractivity contribution in [2.45, 2.75) is 32.6 Å². The Labute approximate surface area is 223 Å². The number of carbonyl (C=O) groups excluding carboxylic acids is 1. The molecule has 0 fully saturated rings. The van der Waals surface area contributed by atoms with Gasteiger partial charge in [0.1, 0.15) is 25.6 Å². The van der Waals surface area contributed by atoms with Crippen molar-refractivity contribution in [3.63, 3.8) is 0 Å². The Bertz CT molecular complexity index is 1400. The lowest BCUT2D eigenvalue weighted by Crippen LogP contribution is -2.43. The van der Waals surface area contributed by atoms with Crippen LogP contribution in [-0.4, -0.2) is 31.7 Å². The molecule has 38 heavy (non-hydrogen) atoms. The molecule has 0 saturated carbocycles. The summed E-state index contributed by atoms with van der Waals surface area (Å²) in [5, 5.41) is 10.9. The molecule has 0 N–H and O–H groups in total. The summed E-state index contributed by atoms with van der Waals surface area (Å²) in [5.41, 5.74) is 6.07. The molecule has 0 spiro atoms. The predicted molar refractivity (Wildman–Crippen MR) is 152 cm³/mol. The van der Waals surface area contributed by atoms with E-state index in [1.165, 1.54) is 12.1 Å². The van der Waals surface area contributed by atoms with Crippen molar-refractivity contribution >= 4 is 31.1 Å². The number of carbonyl (C=O) groups is 1. The third-order valence-corrected chi connectivity index (χ3v) is 6.80. The zero-order valence-corrected chi connectivity index (χ0v) is 22.9. The minimum atomic E-state index is -1.73. The molecule has 1 aliphatic heterocycles. The lowest BCUT2D eigenvalue weighted by atomic mass is 9.88.